The molecule has 0 bridgehead atoms. The van der Waals surface area contributed by atoms with Crippen molar-refractivity contribution >= 4 is 17.5 Å². The second-order valence-electron chi connectivity index (χ2n) is 6.21. The van der Waals surface area contributed by atoms with Crippen molar-refractivity contribution in [3.05, 3.63) is 65.2 Å². The van der Waals surface area contributed by atoms with E-state index >= 15 is 0 Å². The number of alkyl halides is 3. The summed E-state index contributed by atoms with van der Waals surface area (Å²) in [5, 5.41) is 5.28. The number of amides is 2. The smallest absolute Gasteiger partial charge is 0.355 e. The first kappa shape index (κ1) is 18.0. The second kappa shape index (κ2) is 6.82. The normalized spacial score (nSPS) is 18.9. The zero-order valence-corrected chi connectivity index (χ0v) is 13.9. The summed E-state index contributed by atoms with van der Waals surface area (Å²) in [6.07, 6.45) is -3.76. The molecular weight excluding hydrogens is 345 g/mol. The molecule has 2 atom stereocenters. The fourth-order valence-electron chi connectivity index (χ4n) is 2.86. The van der Waals surface area contributed by atoms with E-state index in [0.29, 0.717) is 17.7 Å². The number of benzene rings is 2. The van der Waals surface area contributed by atoms with Crippen molar-refractivity contribution in [1.82, 2.24) is 5.32 Å². The van der Waals surface area contributed by atoms with Gasteiger partial charge in [-0.3, -0.25) is 9.59 Å². The largest absolute Gasteiger partial charge is 0.416 e. The third-order valence-electron chi connectivity index (χ3n) is 4.44. The van der Waals surface area contributed by atoms with Crippen LogP contribution in [0.3, 0.4) is 0 Å². The van der Waals surface area contributed by atoms with Crippen LogP contribution in [0.4, 0.5) is 18.9 Å². The van der Waals surface area contributed by atoms with Gasteiger partial charge in [0.25, 0.3) is 5.91 Å². The van der Waals surface area contributed by atoms with E-state index in [-0.39, 0.29) is 23.7 Å². The van der Waals surface area contributed by atoms with Crippen molar-refractivity contribution in [2.24, 2.45) is 5.92 Å². The van der Waals surface area contributed by atoms with Gasteiger partial charge in [0.15, 0.2) is 0 Å². The third-order valence-corrected chi connectivity index (χ3v) is 4.44. The number of nitrogens with one attached hydrogen (secondary N) is 2. The highest BCUT2D eigenvalue weighted by atomic mass is 19.4. The Hall–Kier alpha value is -2.83. The summed E-state index contributed by atoms with van der Waals surface area (Å²) in [5.41, 5.74) is 1.09. The topological polar surface area (TPSA) is 58.2 Å². The molecule has 2 N–H and O–H groups in total. The molecule has 2 unspecified atom stereocenters. The van der Waals surface area contributed by atoms with Crippen LogP contribution in [0.1, 0.15) is 33.8 Å². The Morgan fingerprint density at radius 2 is 1.62 bits per heavy atom. The van der Waals surface area contributed by atoms with Crippen LogP contribution in [-0.4, -0.2) is 18.9 Å². The minimum Gasteiger partial charge on any atom is -0.355 e. The van der Waals surface area contributed by atoms with E-state index < -0.39 is 11.7 Å². The zero-order valence-electron chi connectivity index (χ0n) is 13.9. The molecule has 4 nitrogen and oxygen atoms in total. The first-order valence-corrected chi connectivity index (χ1v) is 8.10. The maximum Gasteiger partial charge on any atom is 0.416 e. The van der Waals surface area contributed by atoms with E-state index in [1.54, 1.807) is 24.3 Å². The van der Waals surface area contributed by atoms with Crippen molar-refractivity contribution < 1.29 is 22.8 Å². The van der Waals surface area contributed by atoms with E-state index in [0.717, 1.165) is 17.7 Å². The first-order valence-electron chi connectivity index (χ1n) is 8.10. The van der Waals surface area contributed by atoms with Crippen molar-refractivity contribution in [3.8, 4) is 0 Å². The molecule has 0 radical (unpaired) electrons. The summed E-state index contributed by atoms with van der Waals surface area (Å²) in [7, 11) is 1.53. The highest BCUT2D eigenvalue weighted by Crippen LogP contribution is 2.48. The Bertz CT molecular complexity index is 814. The lowest BCUT2D eigenvalue weighted by atomic mass is 10.1. The van der Waals surface area contributed by atoms with Gasteiger partial charge in [-0.25, -0.2) is 0 Å². The lowest BCUT2D eigenvalue weighted by molar-refractivity contribution is -0.137. The molecule has 0 aliphatic heterocycles. The van der Waals surface area contributed by atoms with Crippen molar-refractivity contribution in [2.75, 3.05) is 12.4 Å². The maximum absolute atomic E-state index is 12.6. The summed E-state index contributed by atoms with van der Waals surface area (Å²) in [6, 6.07) is 11.4. The molecule has 2 aromatic carbocycles. The van der Waals surface area contributed by atoms with E-state index in [9.17, 15) is 22.8 Å². The van der Waals surface area contributed by atoms with Gasteiger partial charge in [-0.15, -0.1) is 0 Å². The maximum atomic E-state index is 12.6. The molecule has 1 aliphatic rings. The third kappa shape index (κ3) is 3.87. The monoisotopic (exact) mass is 362 g/mol. The van der Waals surface area contributed by atoms with Gasteiger partial charge >= 0.3 is 6.18 Å². The highest BCUT2D eigenvalue weighted by molar-refractivity contribution is 5.97. The summed E-state index contributed by atoms with van der Waals surface area (Å²) in [5.74, 6) is -0.720. The van der Waals surface area contributed by atoms with Gasteiger partial charge in [0, 0.05) is 24.2 Å². The molecule has 1 fully saturated rings. The Morgan fingerprint density at radius 3 is 2.15 bits per heavy atom. The number of anilines is 1. The number of rotatable bonds is 4. The molecule has 0 heterocycles. The molecule has 0 saturated heterocycles. The molecule has 1 saturated carbocycles. The van der Waals surface area contributed by atoms with E-state index in [1.807, 2.05) is 0 Å². The standard InChI is InChI=1S/C19H17F3N2O2/c1-23-17(25)12-4-8-14(9-5-12)24-18(26)16-10-15(16)11-2-6-13(7-3-11)19(20,21)22/h2-9,15-16H,10H2,1H3,(H,23,25)(H,24,26). The molecule has 136 valence electrons. The van der Waals surface area contributed by atoms with Crippen LogP contribution in [0.2, 0.25) is 0 Å². The Kier molecular flexibility index (Phi) is 4.71. The molecule has 7 heteroatoms. The van der Waals surface area contributed by atoms with Crippen LogP contribution < -0.4 is 10.6 Å². The number of hydrogen-bond acceptors (Lipinski definition) is 2. The van der Waals surface area contributed by atoms with Crippen LogP contribution in [0.5, 0.6) is 0 Å². The van der Waals surface area contributed by atoms with Gasteiger partial charge in [-0.1, -0.05) is 12.1 Å². The van der Waals surface area contributed by atoms with E-state index in [2.05, 4.69) is 10.6 Å². The van der Waals surface area contributed by atoms with Crippen molar-refractivity contribution in [2.45, 2.75) is 18.5 Å². The molecular formula is C19H17F3N2O2. The van der Waals surface area contributed by atoms with Gasteiger partial charge in [-0.2, -0.15) is 13.2 Å². The van der Waals surface area contributed by atoms with Crippen molar-refractivity contribution in [3.63, 3.8) is 0 Å². The van der Waals surface area contributed by atoms with Gasteiger partial charge in [0.1, 0.15) is 0 Å². The number of carbonyl (C=O) groups excluding carboxylic acids is 2. The van der Waals surface area contributed by atoms with Crippen LogP contribution in [0.15, 0.2) is 48.5 Å². The van der Waals surface area contributed by atoms with Crippen LogP contribution in [0, 0.1) is 5.92 Å². The zero-order chi connectivity index (χ0) is 18.9. The average Bonchev–Trinajstić information content (AvgIpc) is 3.42. The summed E-state index contributed by atoms with van der Waals surface area (Å²) in [6.45, 7) is 0. The average molecular weight is 362 g/mol. The molecule has 26 heavy (non-hydrogen) atoms. The van der Waals surface area contributed by atoms with Crippen LogP contribution >= 0.6 is 0 Å². The molecule has 1 aliphatic carbocycles. The number of halogens is 3. The van der Waals surface area contributed by atoms with Gasteiger partial charge in [0.2, 0.25) is 5.91 Å². The van der Waals surface area contributed by atoms with Gasteiger partial charge in [-0.05, 0) is 54.3 Å². The fourth-order valence-corrected chi connectivity index (χ4v) is 2.86. The first-order chi connectivity index (χ1) is 12.3. The predicted molar refractivity (Wildman–Crippen MR) is 90.8 cm³/mol. The Labute approximate surface area is 148 Å². The van der Waals surface area contributed by atoms with Crippen LogP contribution in [0.25, 0.3) is 0 Å². The highest BCUT2D eigenvalue weighted by Gasteiger charge is 2.44. The number of hydrogen-bond donors (Lipinski definition) is 2. The van der Waals surface area contributed by atoms with E-state index in [4.69, 9.17) is 0 Å². The second-order valence-corrected chi connectivity index (χ2v) is 6.21. The minimum absolute atomic E-state index is 0.0672. The van der Waals surface area contributed by atoms with Crippen LogP contribution in [-0.2, 0) is 11.0 Å². The Balaban J connectivity index is 1.60. The lowest BCUT2D eigenvalue weighted by Crippen LogP contribution is -2.18. The fraction of sp³-hybridized carbons (Fsp3) is 0.263. The van der Waals surface area contributed by atoms with Gasteiger partial charge < -0.3 is 10.6 Å². The van der Waals surface area contributed by atoms with Crippen molar-refractivity contribution in [1.29, 1.82) is 0 Å². The molecule has 2 amide bonds. The minimum atomic E-state index is -4.36. The molecule has 3 rings (SSSR count). The molecule has 0 aromatic heterocycles. The van der Waals surface area contributed by atoms with E-state index in [1.165, 1.54) is 19.2 Å². The summed E-state index contributed by atoms with van der Waals surface area (Å²) in [4.78, 5) is 23.8. The predicted octanol–water partition coefficient (Wildman–Crippen LogP) is 3.81. The SMILES string of the molecule is CNC(=O)c1ccc(NC(=O)C2CC2c2ccc(C(F)(F)F)cc2)cc1. The van der Waals surface area contributed by atoms with Gasteiger partial charge in [0.05, 0.1) is 5.56 Å². The number of carbonyl (C=O) groups is 2. The molecule has 0 spiro atoms. The summed E-state index contributed by atoms with van der Waals surface area (Å²) >= 11 is 0. The Morgan fingerprint density at radius 1 is 1.00 bits per heavy atom. The summed E-state index contributed by atoms with van der Waals surface area (Å²) < 4.78 is 37.8. The quantitative estimate of drug-likeness (QED) is 0.869. The molecule has 2 aromatic rings. The lowest BCUT2D eigenvalue weighted by Gasteiger charge is -2.08.